The molecule has 1 aliphatic heterocycles. The lowest BCUT2D eigenvalue weighted by Crippen LogP contribution is -2.46. The van der Waals surface area contributed by atoms with E-state index in [1.54, 1.807) is 24.3 Å². The van der Waals surface area contributed by atoms with Crippen LogP contribution >= 0.6 is 0 Å². The van der Waals surface area contributed by atoms with Gasteiger partial charge in [-0.25, -0.2) is 8.42 Å². The first-order valence-electron chi connectivity index (χ1n) is 10.2. The molecule has 2 aromatic carbocycles. The maximum Gasteiger partial charge on any atom is 0.269 e. The van der Waals surface area contributed by atoms with Crippen LogP contribution in [0, 0.1) is 10.1 Å². The highest BCUT2D eigenvalue weighted by Crippen LogP contribution is 2.27. The third-order valence-corrected chi connectivity index (χ3v) is 7.06. The Morgan fingerprint density at radius 3 is 2.34 bits per heavy atom. The Morgan fingerprint density at radius 1 is 1.03 bits per heavy atom. The predicted molar refractivity (Wildman–Crippen MR) is 116 cm³/mol. The number of rotatable bonds is 9. The summed E-state index contributed by atoms with van der Waals surface area (Å²) in [5.74, 6) is -0.601. The molecule has 0 aliphatic carbocycles. The molecular formula is C21H24N4O6S. The molecular weight excluding hydrogens is 436 g/mol. The van der Waals surface area contributed by atoms with Crippen LogP contribution in [0.1, 0.15) is 29.6 Å². The number of non-ortho nitro benzene ring substituents is 1. The van der Waals surface area contributed by atoms with E-state index in [0.717, 1.165) is 16.4 Å². The molecule has 32 heavy (non-hydrogen) atoms. The number of carbonyl (C=O) groups excluding carboxylic acids is 2. The molecule has 2 amide bonds. The molecule has 0 radical (unpaired) electrons. The molecule has 0 unspecified atom stereocenters. The van der Waals surface area contributed by atoms with Crippen LogP contribution in [0.4, 0.5) is 5.69 Å². The lowest BCUT2D eigenvalue weighted by Gasteiger charge is -2.23. The average molecular weight is 461 g/mol. The molecule has 11 heteroatoms. The smallest absolute Gasteiger partial charge is 0.269 e. The zero-order valence-electron chi connectivity index (χ0n) is 17.3. The van der Waals surface area contributed by atoms with Crippen molar-refractivity contribution in [3.8, 4) is 0 Å². The number of sulfonamides is 1. The summed E-state index contributed by atoms with van der Waals surface area (Å²) in [7, 11) is -3.96. The molecule has 0 spiro atoms. The minimum absolute atomic E-state index is 0.0913. The fraction of sp³-hybridized carbons (Fsp3) is 0.333. The van der Waals surface area contributed by atoms with Gasteiger partial charge >= 0.3 is 0 Å². The Morgan fingerprint density at radius 2 is 1.69 bits per heavy atom. The van der Waals surface area contributed by atoms with Crippen molar-refractivity contribution in [1.82, 2.24) is 14.9 Å². The number of amides is 2. The minimum atomic E-state index is -3.96. The SMILES string of the molecule is O=C(NCCCNC(=O)[C@H]1CCCN1S(=O)(=O)c1ccc([N+](=O)[O-])cc1)c1ccccc1. The standard InChI is InChI=1S/C21H24N4O6S/c26-20(16-6-2-1-3-7-16)22-13-5-14-23-21(27)19-8-4-15-24(19)32(30,31)18-11-9-17(10-12-18)25(28)29/h1-3,6-7,9-12,19H,4-5,8,13-15H2,(H,22,26)(H,23,27)/t19-/m1/s1. The lowest BCUT2D eigenvalue weighted by molar-refractivity contribution is -0.384. The van der Waals surface area contributed by atoms with Crippen molar-refractivity contribution >= 4 is 27.5 Å². The van der Waals surface area contributed by atoms with Gasteiger partial charge in [0.15, 0.2) is 0 Å². The van der Waals surface area contributed by atoms with Crippen LogP contribution in [-0.2, 0) is 14.8 Å². The maximum absolute atomic E-state index is 12.9. The summed E-state index contributed by atoms with van der Waals surface area (Å²) in [4.78, 5) is 34.7. The Kier molecular flexibility index (Phi) is 7.54. The topological polar surface area (TPSA) is 139 Å². The van der Waals surface area contributed by atoms with Gasteiger partial charge in [-0.1, -0.05) is 18.2 Å². The van der Waals surface area contributed by atoms with Gasteiger partial charge in [0, 0.05) is 37.3 Å². The van der Waals surface area contributed by atoms with Crippen LogP contribution < -0.4 is 10.6 Å². The summed E-state index contributed by atoms with van der Waals surface area (Å²) in [5.41, 5.74) is 0.341. The summed E-state index contributed by atoms with van der Waals surface area (Å²) in [5, 5.41) is 16.3. The van der Waals surface area contributed by atoms with E-state index in [-0.39, 0.29) is 29.6 Å². The van der Waals surface area contributed by atoms with Crippen LogP contribution in [0.25, 0.3) is 0 Å². The number of nitro benzene ring substituents is 1. The summed E-state index contributed by atoms with van der Waals surface area (Å²) in [6.45, 7) is 0.851. The molecule has 2 aromatic rings. The number of nitrogens with one attached hydrogen (secondary N) is 2. The molecule has 1 aliphatic rings. The van der Waals surface area contributed by atoms with Crippen LogP contribution in [0.3, 0.4) is 0 Å². The number of hydrogen-bond acceptors (Lipinski definition) is 6. The van der Waals surface area contributed by atoms with Crippen LogP contribution in [-0.4, -0.2) is 55.1 Å². The van der Waals surface area contributed by atoms with E-state index in [2.05, 4.69) is 10.6 Å². The first-order chi connectivity index (χ1) is 15.3. The van der Waals surface area contributed by atoms with E-state index in [0.29, 0.717) is 31.4 Å². The Hall–Kier alpha value is -3.31. The van der Waals surface area contributed by atoms with Crippen molar-refractivity contribution < 1.29 is 22.9 Å². The van der Waals surface area contributed by atoms with E-state index in [1.807, 2.05) is 6.07 Å². The second-order valence-electron chi connectivity index (χ2n) is 7.29. The number of nitrogens with zero attached hydrogens (tertiary/aromatic N) is 2. The summed E-state index contributed by atoms with van der Waals surface area (Å²) < 4.78 is 27.0. The van der Waals surface area contributed by atoms with Gasteiger partial charge < -0.3 is 10.6 Å². The van der Waals surface area contributed by atoms with Gasteiger partial charge in [-0.15, -0.1) is 0 Å². The zero-order chi connectivity index (χ0) is 23.1. The second kappa shape index (κ2) is 10.3. The minimum Gasteiger partial charge on any atom is -0.355 e. The van der Waals surface area contributed by atoms with E-state index in [9.17, 15) is 28.1 Å². The maximum atomic E-state index is 12.9. The first kappa shape index (κ1) is 23.4. The average Bonchev–Trinajstić information content (AvgIpc) is 3.30. The highest BCUT2D eigenvalue weighted by molar-refractivity contribution is 7.89. The molecule has 0 aromatic heterocycles. The summed E-state index contributed by atoms with van der Waals surface area (Å²) in [6, 6.07) is 12.5. The van der Waals surface area contributed by atoms with Crippen molar-refractivity contribution in [2.75, 3.05) is 19.6 Å². The van der Waals surface area contributed by atoms with Gasteiger partial charge in [-0.05, 0) is 43.5 Å². The van der Waals surface area contributed by atoms with Crippen LogP contribution in [0.15, 0.2) is 59.5 Å². The Bertz CT molecular complexity index is 1070. The lowest BCUT2D eigenvalue weighted by atomic mass is 10.2. The third-order valence-electron chi connectivity index (χ3n) is 5.13. The van der Waals surface area contributed by atoms with Gasteiger partial charge in [0.1, 0.15) is 6.04 Å². The Balaban J connectivity index is 1.51. The highest BCUT2D eigenvalue weighted by atomic mass is 32.2. The number of hydrogen-bond donors (Lipinski definition) is 2. The van der Waals surface area contributed by atoms with Crippen molar-refractivity contribution in [3.05, 3.63) is 70.3 Å². The first-order valence-corrected chi connectivity index (χ1v) is 11.6. The fourth-order valence-corrected chi connectivity index (χ4v) is 5.13. The molecule has 170 valence electrons. The molecule has 1 atom stereocenters. The summed E-state index contributed by atoms with van der Waals surface area (Å²) >= 11 is 0. The molecule has 1 fully saturated rings. The molecule has 0 bridgehead atoms. The Labute approximate surface area is 185 Å². The van der Waals surface area contributed by atoms with Crippen molar-refractivity contribution in [2.24, 2.45) is 0 Å². The molecule has 3 rings (SSSR count). The van der Waals surface area contributed by atoms with Gasteiger partial charge in [-0.2, -0.15) is 4.31 Å². The van der Waals surface area contributed by atoms with Gasteiger partial charge in [0.25, 0.3) is 11.6 Å². The normalized spacial score (nSPS) is 16.4. The zero-order valence-corrected chi connectivity index (χ0v) is 18.1. The molecule has 1 heterocycles. The second-order valence-corrected chi connectivity index (χ2v) is 9.18. The van der Waals surface area contributed by atoms with Crippen molar-refractivity contribution in [2.45, 2.75) is 30.2 Å². The molecule has 2 N–H and O–H groups in total. The third kappa shape index (κ3) is 5.48. The van der Waals surface area contributed by atoms with Gasteiger partial charge in [0.2, 0.25) is 15.9 Å². The molecule has 10 nitrogen and oxygen atoms in total. The quantitative estimate of drug-likeness (QED) is 0.332. The van der Waals surface area contributed by atoms with Crippen molar-refractivity contribution in [3.63, 3.8) is 0 Å². The molecule has 1 saturated heterocycles. The fourth-order valence-electron chi connectivity index (χ4n) is 3.48. The van der Waals surface area contributed by atoms with Crippen LogP contribution in [0.5, 0.6) is 0 Å². The van der Waals surface area contributed by atoms with E-state index >= 15 is 0 Å². The highest BCUT2D eigenvalue weighted by Gasteiger charge is 2.39. The number of carbonyl (C=O) groups is 2. The number of nitro groups is 1. The van der Waals surface area contributed by atoms with E-state index < -0.39 is 26.9 Å². The van der Waals surface area contributed by atoms with Crippen LogP contribution in [0.2, 0.25) is 0 Å². The van der Waals surface area contributed by atoms with Crippen molar-refractivity contribution in [1.29, 1.82) is 0 Å². The van der Waals surface area contributed by atoms with Gasteiger partial charge in [0.05, 0.1) is 9.82 Å². The predicted octanol–water partition coefficient (Wildman–Crippen LogP) is 1.68. The van der Waals surface area contributed by atoms with E-state index in [1.165, 1.54) is 12.1 Å². The monoisotopic (exact) mass is 460 g/mol. The van der Waals surface area contributed by atoms with E-state index in [4.69, 9.17) is 0 Å². The summed E-state index contributed by atoms with van der Waals surface area (Å²) in [6.07, 6.45) is 1.42. The molecule has 0 saturated carbocycles. The van der Waals surface area contributed by atoms with Gasteiger partial charge in [-0.3, -0.25) is 19.7 Å². The number of benzene rings is 2. The largest absolute Gasteiger partial charge is 0.355 e.